The molecule has 0 fully saturated rings. The van der Waals surface area contributed by atoms with E-state index in [4.69, 9.17) is 8.83 Å². The van der Waals surface area contributed by atoms with Crippen molar-refractivity contribution < 1.29 is 33.7 Å². The lowest BCUT2D eigenvalue weighted by atomic mass is 9.77. The van der Waals surface area contributed by atoms with E-state index in [9.17, 15) is 34.5 Å². The standard InChI is InChI=1S/C31H20O9/c1-12-10-15-21(16(32)11-12)29(36)23(25-28(35)20-14(3)7-5-9-18(20)40-31(25)38)22(26(15)33)24-27(34)19-13(2)6-4-8-17(19)39-30(24)37/h4-11,32,34-35H,1-3H3. The number of Topliss-reactive ketones (excluding diaryl/α,β-unsaturated/α-hetero) is 2. The Balaban J connectivity index is 1.85. The highest BCUT2D eigenvalue weighted by atomic mass is 16.4. The summed E-state index contributed by atoms with van der Waals surface area (Å²) >= 11 is 0. The third-order valence-corrected chi connectivity index (χ3v) is 7.17. The number of aromatic hydroxyl groups is 3. The molecule has 0 aliphatic heterocycles. The number of benzene rings is 3. The van der Waals surface area contributed by atoms with Crippen molar-refractivity contribution in [2.75, 3.05) is 0 Å². The van der Waals surface area contributed by atoms with E-state index in [1.54, 1.807) is 45.0 Å². The Morgan fingerprint density at radius 3 is 1.57 bits per heavy atom. The normalized spacial score (nSPS) is 13.4. The smallest absolute Gasteiger partial charge is 0.348 e. The Morgan fingerprint density at radius 2 is 1.07 bits per heavy atom. The lowest BCUT2D eigenvalue weighted by molar-refractivity contribution is 0.101. The van der Waals surface area contributed by atoms with E-state index in [0.29, 0.717) is 16.7 Å². The van der Waals surface area contributed by atoms with Gasteiger partial charge in [0.2, 0.25) is 0 Å². The van der Waals surface area contributed by atoms with Crippen LogP contribution in [0.15, 0.2) is 67.0 Å². The lowest BCUT2D eigenvalue weighted by Gasteiger charge is -2.23. The molecule has 0 amide bonds. The molecule has 0 radical (unpaired) electrons. The molecular weight excluding hydrogens is 516 g/mol. The Bertz CT molecular complexity index is 2140. The van der Waals surface area contributed by atoms with Gasteiger partial charge in [-0.25, -0.2) is 9.59 Å². The van der Waals surface area contributed by atoms with Crippen molar-refractivity contribution in [3.05, 3.63) is 108 Å². The third kappa shape index (κ3) is 3.34. The van der Waals surface area contributed by atoms with E-state index in [1.807, 2.05) is 0 Å². The fourth-order valence-corrected chi connectivity index (χ4v) is 5.39. The molecule has 9 nitrogen and oxygen atoms in total. The third-order valence-electron chi connectivity index (χ3n) is 7.17. The molecule has 3 N–H and O–H groups in total. The largest absolute Gasteiger partial charge is 0.507 e. The van der Waals surface area contributed by atoms with E-state index in [0.717, 1.165) is 0 Å². The molecule has 40 heavy (non-hydrogen) atoms. The van der Waals surface area contributed by atoms with Crippen LogP contribution in [0.2, 0.25) is 0 Å². The maximum absolute atomic E-state index is 14.1. The van der Waals surface area contributed by atoms with Gasteiger partial charge in [-0.15, -0.1) is 0 Å². The number of phenols is 1. The Morgan fingerprint density at radius 1 is 0.600 bits per heavy atom. The van der Waals surface area contributed by atoms with E-state index < -0.39 is 67.9 Å². The zero-order valence-corrected chi connectivity index (χ0v) is 21.4. The molecule has 1 aliphatic carbocycles. The number of ketones is 2. The van der Waals surface area contributed by atoms with Gasteiger partial charge < -0.3 is 24.2 Å². The van der Waals surface area contributed by atoms with Crippen LogP contribution in [0.25, 0.3) is 33.1 Å². The summed E-state index contributed by atoms with van der Waals surface area (Å²) in [7, 11) is 0. The van der Waals surface area contributed by atoms with Crippen LogP contribution in [0.4, 0.5) is 0 Å². The van der Waals surface area contributed by atoms with Crippen LogP contribution in [0.3, 0.4) is 0 Å². The molecular formula is C31H20O9. The zero-order chi connectivity index (χ0) is 28.6. The Labute approximate surface area is 224 Å². The average molecular weight is 536 g/mol. The molecule has 2 heterocycles. The topological polar surface area (TPSA) is 155 Å². The molecule has 5 aromatic rings. The van der Waals surface area contributed by atoms with Crippen molar-refractivity contribution >= 4 is 44.7 Å². The summed E-state index contributed by atoms with van der Waals surface area (Å²) < 4.78 is 10.9. The first-order valence-electron chi connectivity index (χ1n) is 12.2. The van der Waals surface area contributed by atoms with E-state index >= 15 is 0 Å². The van der Waals surface area contributed by atoms with Gasteiger partial charge in [0, 0.05) is 5.56 Å². The molecule has 6 rings (SSSR count). The summed E-state index contributed by atoms with van der Waals surface area (Å²) in [5.41, 5.74) is -4.17. The molecule has 3 aromatic carbocycles. The fraction of sp³-hybridized carbons (Fsp3) is 0.0968. The quantitative estimate of drug-likeness (QED) is 0.266. The van der Waals surface area contributed by atoms with Crippen molar-refractivity contribution in [1.29, 1.82) is 0 Å². The molecule has 0 saturated heterocycles. The number of carbonyl (C=O) groups excluding carboxylic acids is 2. The predicted molar refractivity (Wildman–Crippen MR) is 146 cm³/mol. The lowest BCUT2D eigenvalue weighted by Crippen LogP contribution is -2.26. The summed E-state index contributed by atoms with van der Waals surface area (Å²) in [6.45, 7) is 4.89. The number of carbonyl (C=O) groups is 2. The number of fused-ring (bicyclic) bond motifs is 3. The number of aryl methyl sites for hydroxylation is 3. The highest BCUT2D eigenvalue weighted by Gasteiger charge is 2.41. The zero-order valence-electron chi connectivity index (χ0n) is 21.4. The van der Waals surface area contributed by atoms with Crippen LogP contribution >= 0.6 is 0 Å². The molecule has 0 unspecified atom stereocenters. The highest BCUT2D eigenvalue weighted by molar-refractivity contribution is 6.53. The number of hydrogen-bond acceptors (Lipinski definition) is 9. The summed E-state index contributed by atoms with van der Waals surface area (Å²) in [5.74, 6) is -3.80. The van der Waals surface area contributed by atoms with E-state index in [2.05, 4.69) is 0 Å². The van der Waals surface area contributed by atoms with Crippen LogP contribution in [0.1, 0.15) is 48.5 Å². The highest BCUT2D eigenvalue weighted by Crippen LogP contribution is 2.45. The molecule has 2 aromatic heterocycles. The van der Waals surface area contributed by atoms with Gasteiger partial charge in [-0.2, -0.15) is 0 Å². The maximum Gasteiger partial charge on any atom is 0.348 e. The number of rotatable bonds is 2. The first-order chi connectivity index (χ1) is 19.0. The molecule has 1 aliphatic rings. The van der Waals surface area contributed by atoms with Gasteiger partial charge in [0.15, 0.2) is 11.6 Å². The SMILES string of the molecule is Cc1cc(O)c2c(c1)C(=O)C(c1c(O)c3c(C)cccc3oc1=O)=C(c1c(O)c3c(C)cccc3oc1=O)C2=O. The molecule has 0 atom stereocenters. The van der Waals surface area contributed by atoms with Crippen LogP contribution in [0, 0.1) is 20.8 Å². The first kappa shape index (κ1) is 24.9. The second-order valence-electron chi connectivity index (χ2n) is 9.74. The predicted octanol–water partition coefficient (Wildman–Crippen LogP) is 4.93. The fourth-order valence-electron chi connectivity index (χ4n) is 5.39. The van der Waals surface area contributed by atoms with E-state index in [1.165, 1.54) is 24.3 Å². The first-order valence-corrected chi connectivity index (χ1v) is 12.2. The van der Waals surface area contributed by atoms with Gasteiger partial charge in [-0.1, -0.05) is 24.3 Å². The van der Waals surface area contributed by atoms with Gasteiger partial charge >= 0.3 is 11.3 Å². The van der Waals surface area contributed by atoms with Gasteiger partial charge in [0.05, 0.1) is 27.5 Å². The summed E-state index contributed by atoms with van der Waals surface area (Å²) in [6, 6.07) is 12.0. The van der Waals surface area contributed by atoms with Gasteiger partial charge in [0.1, 0.15) is 39.5 Å². The van der Waals surface area contributed by atoms with Crippen LogP contribution < -0.4 is 11.3 Å². The second-order valence-corrected chi connectivity index (χ2v) is 9.74. The molecule has 0 saturated carbocycles. The molecule has 0 bridgehead atoms. The van der Waals surface area contributed by atoms with E-state index in [-0.39, 0.29) is 27.5 Å². The molecule has 198 valence electrons. The van der Waals surface area contributed by atoms with Crippen LogP contribution in [-0.4, -0.2) is 26.9 Å². The molecule has 0 spiro atoms. The van der Waals surface area contributed by atoms with Gasteiger partial charge in [-0.05, 0) is 61.7 Å². The number of allylic oxidation sites excluding steroid dienone is 2. The molecule has 9 heteroatoms. The van der Waals surface area contributed by atoms with Crippen LogP contribution in [-0.2, 0) is 0 Å². The van der Waals surface area contributed by atoms with Crippen molar-refractivity contribution in [3.8, 4) is 17.2 Å². The second kappa shape index (κ2) is 8.54. The number of phenolic OH excluding ortho intramolecular Hbond substituents is 1. The maximum atomic E-state index is 14.1. The minimum atomic E-state index is -1.17. The van der Waals surface area contributed by atoms with Crippen LogP contribution in [0.5, 0.6) is 17.2 Å². The average Bonchev–Trinajstić information content (AvgIpc) is 2.87. The Kier molecular flexibility index (Phi) is 5.31. The monoisotopic (exact) mass is 536 g/mol. The van der Waals surface area contributed by atoms with Crippen molar-refractivity contribution in [3.63, 3.8) is 0 Å². The number of hydrogen-bond donors (Lipinski definition) is 3. The summed E-state index contributed by atoms with van der Waals surface area (Å²) in [5, 5.41) is 33.7. The minimum Gasteiger partial charge on any atom is -0.507 e. The summed E-state index contributed by atoms with van der Waals surface area (Å²) in [4.78, 5) is 54.9. The Hall–Kier alpha value is -5.44. The van der Waals surface area contributed by atoms with Crippen molar-refractivity contribution in [2.24, 2.45) is 0 Å². The summed E-state index contributed by atoms with van der Waals surface area (Å²) in [6.07, 6.45) is 0. The van der Waals surface area contributed by atoms with Gasteiger partial charge in [-0.3, -0.25) is 9.59 Å². The van der Waals surface area contributed by atoms with Crippen molar-refractivity contribution in [2.45, 2.75) is 20.8 Å². The minimum absolute atomic E-state index is 0.0329. The van der Waals surface area contributed by atoms with Crippen molar-refractivity contribution in [1.82, 2.24) is 0 Å². The van der Waals surface area contributed by atoms with Gasteiger partial charge in [0.25, 0.3) is 0 Å².